The van der Waals surface area contributed by atoms with Crippen molar-refractivity contribution in [1.82, 2.24) is 15.1 Å². The summed E-state index contributed by atoms with van der Waals surface area (Å²) in [5.41, 5.74) is -0.0486. The van der Waals surface area contributed by atoms with E-state index in [-0.39, 0.29) is 12.1 Å². The Balaban J connectivity index is 2.61. The molecule has 0 spiro atoms. The van der Waals surface area contributed by atoms with Crippen molar-refractivity contribution in [3.8, 4) is 0 Å². The maximum absolute atomic E-state index is 9.70. The summed E-state index contributed by atoms with van der Waals surface area (Å²) in [6.07, 6.45) is 5.87. The van der Waals surface area contributed by atoms with Gasteiger partial charge in [-0.3, -0.25) is 4.90 Å². The summed E-state index contributed by atoms with van der Waals surface area (Å²) in [6, 6.07) is 0.619. The summed E-state index contributed by atoms with van der Waals surface area (Å²) in [6.45, 7) is 5.93. The van der Waals surface area contributed by atoms with Gasteiger partial charge in [-0.15, -0.1) is 0 Å². The van der Waals surface area contributed by atoms with Crippen molar-refractivity contribution >= 4 is 0 Å². The van der Waals surface area contributed by atoms with Crippen LogP contribution in [-0.2, 0) is 0 Å². The van der Waals surface area contributed by atoms with Gasteiger partial charge in [-0.25, -0.2) is 0 Å². The Morgan fingerprint density at radius 3 is 2.53 bits per heavy atom. The first-order valence-electron chi connectivity index (χ1n) is 7.75. The topological polar surface area (TPSA) is 38.7 Å². The molecule has 4 heteroatoms. The third kappa shape index (κ3) is 5.03. The van der Waals surface area contributed by atoms with Crippen LogP contribution in [0.25, 0.3) is 0 Å². The molecule has 19 heavy (non-hydrogen) atoms. The average Bonchev–Trinajstić information content (AvgIpc) is 2.43. The minimum Gasteiger partial charge on any atom is -0.394 e. The van der Waals surface area contributed by atoms with E-state index in [0.29, 0.717) is 6.04 Å². The predicted molar refractivity (Wildman–Crippen MR) is 81.6 cm³/mol. The summed E-state index contributed by atoms with van der Waals surface area (Å²) in [7, 11) is 6.26. The van der Waals surface area contributed by atoms with E-state index in [1.165, 1.54) is 25.8 Å². The van der Waals surface area contributed by atoms with Crippen LogP contribution in [0.1, 0.15) is 39.0 Å². The van der Waals surface area contributed by atoms with Gasteiger partial charge in [0.1, 0.15) is 0 Å². The number of likely N-dealkylation sites (N-methyl/N-ethyl adjacent to an activating group) is 2. The van der Waals surface area contributed by atoms with Gasteiger partial charge >= 0.3 is 0 Å². The normalized spacial score (nSPS) is 28.3. The molecule has 0 bridgehead atoms. The van der Waals surface area contributed by atoms with Crippen LogP contribution in [-0.4, -0.2) is 73.9 Å². The van der Waals surface area contributed by atoms with Crippen LogP contribution in [0.3, 0.4) is 0 Å². The molecule has 0 aromatic carbocycles. The van der Waals surface area contributed by atoms with Crippen molar-refractivity contribution in [2.75, 3.05) is 47.4 Å². The summed E-state index contributed by atoms with van der Waals surface area (Å²) in [5.74, 6) is 0. The predicted octanol–water partition coefficient (Wildman–Crippen LogP) is 1.15. The number of rotatable bonds is 8. The van der Waals surface area contributed by atoms with Gasteiger partial charge < -0.3 is 15.3 Å². The van der Waals surface area contributed by atoms with Gasteiger partial charge in [0.2, 0.25) is 0 Å². The second-order valence-corrected chi connectivity index (χ2v) is 6.28. The van der Waals surface area contributed by atoms with Crippen LogP contribution >= 0.6 is 0 Å². The first kappa shape index (κ1) is 16.9. The van der Waals surface area contributed by atoms with Gasteiger partial charge in [0.25, 0.3) is 0 Å². The lowest BCUT2D eigenvalue weighted by atomic mass is 9.79. The highest BCUT2D eigenvalue weighted by atomic mass is 16.3. The van der Waals surface area contributed by atoms with E-state index in [1.807, 2.05) is 7.05 Å². The third-order valence-electron chi connectivity index (χ3n) is 4.51. The molecule has 0 radical (unpaired) electrons. The van der Waals surface area contributed by atoms with Gasteiger partial charge in [-0.2, -0.15) is 0 Å². The number of hydrogen-bond acceptors (Lipinski definition) is 4. The molecule has 4 nitrogen and oxygen atoms in total. The second kappa shape index (κ2) is 8.20. The van der Waals surface area contributed by atoms with Gasteiger partial charge in [0.15, 0.2) is 0 Å². The van der Waals surface area contributed by atoms with E-state index in [0.717, 1.165) is 25.9 Å². The van der Waals surface area contributed by atoms with Crippen LogP contribution in [0.4, 0.5) is 0 Å². The van der Waals surface area contributed by atoms with Crippen molar-refractivity contribution in [1.29, 1.82) is 0 Å². The first-order chi connectivity index (χ1) is 9.06. The largest absolute Gasteiger partial charge is 0.394 e. The van der Waals surface area contributed by atoms with Crippen LogP contribution in [0.2, 0.25) is 0 Å². The zero-order valence-corrected chi connectivity index (χ0v) is 13.3. The average molecular weight is 271 g/mol. The van der Waals surface area contributed by atoms with Crippen molar-refractivity contribution in [2.45, 2.75) is 50.6 Å². The smallest absolute Gasteiger partial charge is 0.0613 e. The van der Waals surface area contributed by atoms with Gasteiger partial charge in [0.05, 0.1) is 6.61 Å². The fraction of sp³-hybridized carbons (Fsp3) is 1.00. The SMILES string of the molecule is CCCN(CCN(C)C)C1CCCC(CO)(NC)C1. The minimum absolute atomic E-state index is 0.0486. The molecule has 1 saturated carbocycles. The molecule has 0 aromatic heterocycles. The molecule has 1 rings (SSSR count). The van der Waals surface area contributed by atoms with E-state index >= 15 is 0 Å². The van der Waals surface area contributed by atoms with E-state index in [9.17, 15) is 5.11 Å². The number of hydrogen-bond donors (Lipinski definition) is 2. The van der Waals surface area contributed by atoms with Crippen molar-refractivity contribution in [3.63, 3.8) is 0 Å². The monoisotopic (exact) mass is 271 g/mol. The summed E-state index contributed by atoms with van der Waals surface area (Å²) in [5, 5.41) is 13.1. The molecule has 0 amide bonds. The van der Waals surface area contributed by atoms with Gasteiger partial charge in [0, 0.05) is 24.7 Å². The number of aliphatic hydroxyl groups excluding tert-OH is 1. The quantitative estimate of drug-likeness (QED) is 0.695. The molecular formula is C15H33N3O. The molecule has 0 heterocycles. The van der Waals surface area contributed by atoms with Crippen LogP contribution < -0.4 is 5.32 Å². The summed E-state index contributed by atoms with van der Waals surface area (Å²) in [4.78, 5) is 4.88. The number of aliphatic hydroxyl groups is 1. The number of nitrogens with one attached hydrogen (secondary N) is 1. The summed E-state index contributed by atoms with van der Waals surface area (Å²) >= 11 is 0. The Morgan fingerprint density at radius 2 is 2.00 bits per heavy atom. The number of nitrogens with zero attached hydrogens (tertiary/aromatic N) is 2. The molecule has 2 atom stereocenters. The zero-order chi connectivity index (χ0) is 14.3. The maximum atomic E-state index is 9.70. The first-order valence-corrected chi connectivity index (χ1v) is 7.75. The Kier molecular flexibility index (Phi) is 7.29. The Morgan fingerprint density at radius 1 is 1.26 bits per heavy atom. The van der Waals surface area contributed by atoms with E-state index in [1.54, 1.807) is 0 Å². The minimum atomic E-state index is -0.0486. The molecule has 0 saturated heterocycles. The van der Waals surface area contributed by atoms with E-state index in [2.05, 4.69) is 36.1 Å². The van der Waals surface area contributed by atoms with Crippen LogP contribution in [0, 0.1) is 0 Å². The highest BCUT2D eigenvalue weighted by Crippen LogP contribution is 2.30. The molecule has 0 aliphatic heterocycles. The summed E-state index contributed by atoms with van der Waals surface area (Å²) < 4.78 is 0. The lowest BCUT2D eigenvalue weighted by molar-refractivity contribution is 0.0606. The molecular weight excluding hydrogens is 238 g/mol. The fourth-order valence-electron chi connectivity index (χ4n) is 3.19. The van der Waals surface area contributed by atoms with E-state index < -0.39 is 0 Å². The molecule has 2 N–H and O–H groups in total. The van der Waals surface area contributed by atoms with Gasteiger partial charge in [-0.05, 0) is 59.8 Å². The fourth-order valence-corrected chi connectivity index (χ4v) is 3.19. The molecule has 1 aliphatic carbocycles. The molecule has 0 aromatic rings. The lowest BCUT2D eigenvalue weighted by Crippen LogP contribution is -2.55. The second-order valence-electron chi connectivity index (χ2n) is 6.28. The maximum Gasteiger partial charge on any atom is 0.0613 e. The molecule has 2 unspecified atom stereocenters. The van der Waals surface area contributed by atoms with Crippen molar-refractivity contribution in [3.05, 3.63) is 0 Å². The van der Waals surface area contributed by atoms with Crippen molar-refractivity contribution in [2.24, 2.45) is 0 Å². The Bertz CT molecular complexity index is 242. The van der Waals surface area contributed by atoms with Crippen molar-refractivity contribution < 1.29 is 5.11 Å². The molecule has 114 valence electrons. The van der Waals surface area contributed by atoms with Crippen LogP contribution in [0.5, 0.6) is 0 Å². The van der Waals surface area contributed by atoms with Crippen LogP contribution in [0.15, 0.2) is 0 Å². The Hall–Kier alpha value is -0.160. The third-order valence-corrected chi connectivity index (χ3v) is 4.51. The molecule has 1 fully saturated rings. The Labute approximate surface area is 119 Å². The highest BCUT2D eigenvalue weighted by molar-refractivity contribution is 4.95. The lowest BCUT2D eigenvalue weighted by Gasteiger charge is -2.44. The highest BCUT2D eigenvalue weighted by Gasteiger charge is 2.36. The standard InChI is InChI=1S/C15H33N3O/c1-5-9-18(11-10-17(3)4)14-7-6-8-15(12-14,13-19)16-2/h14,16,19H,5-13H2,1-4H3. The van der Waals surface area contributed by atoms with E-state index in [4.69, 9.17) is 0 Å². The van der Waals surface area contributed by atoms with Gasteiger partial charge in [-0.1, -0.05) is 6.92 Å². The zero-order valence-electron chi connectivity index (χ0n) is 13.3. The molecule has 1 aliphatic rings.